The Morgan fingerprint density at radius 2 is 1.84 bits per heavy atom. The number of thioether (sulfide) groups is 1. The molecule has 2 aromatic heterocycles. The minimum absolute atomic E-state index is 0.0143. The average molecular weight is 475 g/mol. The van der Waals surface area contributed by atoms with Crippen molar-refractivity contribution in [2.45, 2.75) is 29.2 Å². The quantitative estimate of drug-likeness (QED) is 0.418. The lowest BCUT2D eigenvalue weighted by Gasteiger charge is -2.34. The van der Waals surface area contributed by atoms with Crippen molar-refractivity contribution in [3.63, 3.8) is 0 Å². The van der Waals surface area contributed by atoms with E-state index < -0.39 is 10.0 Å². The van der Waals surface area contributed by atoms with Gasteiger partial charge in [-0.1, -0.05) is 30.0 Å². The number of nitrogens with zero attached hydrogens (tertiary/aromatic N) is 4. The first-order chi connectivity index (χ1) is 15.0. The summed E-state index contributed by atoms with van der Waals surface area (Å²) in [6.45, 7) is 1.42. The third-order valence-corrected chi connectivity index (χ3v) is 9.86. The van der Waals surface area contributed by atoms with E-state index in [2.05, 4.69) is 9.97 Å². The van der Waals surface area contributed by atoms with Crippen LogP contribution in [0.2, 0.25) is 0 Å². The molecule has 0 bridgehead atoms. The van der Waals surface area contributed by atoms with Crippen LogP contribution in [-0.2, 0) is 27.7 Å². The molecule has 0 N–H and O–H groups in total. The molecule has 3 aromatic rings. The second-order valence-corrected chi connectivity index (χ2v) is 11.6. The highest BCUT2D eigenvalue weighted by Crippen LogP contribution is 2.40. The second kappa shape index (κ2) is 8.50. The van der Waals surface area contributed by atoms with E-state index in [0.29, 0.717) is 36.8 Å². The van der Waals surface area contributed by atoms with E-state index in [1.807, 2.05) is 0 Å². The molecular weight excluding hydrogens is 452 g/mol. The zero-order valence-electron chi connectivity index (χ0n) is 16.9. The summed E-state index contributed by atoms with van der Waals surface area (Å²) in [6, 6.07) is 8.44. The monoisotopic (exact) mass is 474 g/mol. The molecule has 3 heterocycles. The van der Waals surface area contributed by atoms with Crippen molar-refractivity contribution in [2.75, 3.05) is 31.9 Å². The van der Waals surface area contributed by atoms with Crippen LogP contribution >= 0.6 is 23.1 Å². The fourth-order valence-electron chi connectivity index (χ4n) is 4.15. The van der Waals surface area contributed by atoms with Gasteiger partial charge in [-0.2, -0.15) is 4.31 Å². The summed E-state index contributed by atoms with van der Waals surface area (Å²) in [5.74, 6) is 0.308. The van der Waals surface area contributed by atoms with Crippen molar-refractivity contribution in [1.82, 2.24) is 19.2 Å². The topological polar surface area (TPSA) is 83.5 Å². The maximum absolute atomic E-state index is 12.8. The van der Waals surface area contributed by atoms with Crippen LogP contribution in [0, 0.1) is 0 Å². The Labute approximate surface area is 189 Å². The number of aryl methyl sites for hydroxylation is 2. The van der Waals surface area contributed by atoms with Crippen LogP contribution in [0.25, 0.3) is 10.2 Å². The predicted octanol–water partition coefficient (Wildman–Crippen LogP) is 2.81. The highest BCUT2D eigenvalue weighted by Gasteiger charge is 2.30. The Morgan fingerprint density at radius 3 is 2.61 bits per heavy atom. The molecule has 0 saturated carbocycles. The van der Waals surface area contributed by atoms with E-state index in [4.69, 9.17) is 0 Å². The van der Waals surface area contributed by atoms with Crippen LogP contribution in [0.4, 0.5) is 0 Å². The summed E-state index contributed by atoms with van der Waals surface area (Å²) in [4.78, 5) is 26.1. The first-order valence-corrected chi connectivity index (χ1v) is 13.5. The molecule has 1 aliphatic heterocycles. The van der Waals surface area contributed by atoms with Crippen molar-refractivity contribution >= 4 is 49.2 Å². The molecule has 0 spiro atoms. The van der Waals surface area contributed by atoms with Gasteiger partial charge in [0.15, 0.2) is 0 Å². The Bertz CT molecular complexity index is 1220. The largest absolute Gasteiger partial charge is 0.339 e. The van der Waals surface area contributed by atoms with Crippen LogP contribution in [0.15, 0.2) is 46.6 Å². The van der Waals surface area contributed by atoms with Crippen molar-refractivity contribution in [3.8, 4) is 0 Å². The summed E-state index contributed by atoms with van der Waals surface area (Å²) < 4.78 is 27.0. The van der Waals surface area contributed by atoms with Crippen molar-refractivity contribution in [3.05, 3.63) is 47.1 Å². The lowest BCUT2D eigenvalue weighted by atomic mass is 10.2. The number of hydrogen-bond acceptors (Lipinski definition) is 7. The van der Waals surface area contributed by atoms with Gasteiger partial charge in [0.05, 0.1) is 10.6 Å². The molecule has 0 radical (unpaired) electrons. The molecular formula is C21H22N4O3S3. The molecule has 0 atom stereocenters. The van der Waals surface area contributed by atoms with Gasteiger partial charge in [0.2, 0.25) is 15.9 Å². The Kier molecular flexibility index (Phi) is 5.72. The number of piperazine rings is 1. The van der Waals surface area contributed by atoms with Gasteiger partial charge in [0.25, 0.3) is 0 Å². The lowest BCUT2D eigenvalue weighted by Crippen LogP contribution is -2.50. The molecule has 2 aliphatic rings. The number of hydrogen-bond donors (Lipinski definition) is 0. The van der Waals surface area contributed by atoms with Crippen LogP contribution in [0.3, 0.4) is 0 Å². The number of carbonyl (C=O) groups is 1. The van der Waals surface area contributed by atoms with Crippen molar-refractivity contribution < 1.29 is 13.2 Å². The van der Waals surface area contributed by atoms with Gasteiger partial charge in [-0.15, -0.1) is 11.3 Å². The summed E-state index contributed by atoms with van der Waals surface area (Å²) >= 11 is 3.20. The van der Waals surface area contributed by atoms with E-state index in [9.17, 15) is 13.2 Å². The molecule has 1 fully saturated rings. The first-order valence-electron chi connectivity index (χ1n) is 10.2. The smallest absolute Gasteiger partial charge is 0.243 e. The number of rotatable bonds is 5. The molecule has 5 rings (SSSR count). The number of carbonyl (C=O) groups excluding carboxylic acids is 1. The van der Waals surface area contributed by atoms with Gasteiger partial charge in [-0.25, -0.2) is 18.4 Å². The summed E-state index contributed by atoms with van der Waals surface area (Å²) in [5, 5.41) is 2.00. The first kappa shape index (κ1) is 20.9. The Morgan fingerprint density at radius 1 is 1.06 bits per heavy atom. The molecule has 1 amide bonds. The maximum Gasteiger partial charge on any atom is 0.243 e. The van der Waals surface area contributed by atoms with Gasteiger partial charge >= 0.3 is 0 Å². The fourth-order valence-corrected chi connectivity index (χ4v) is 7.82. The SMILES string of the molecule is O=C(CSc1ncnc2sc3c(c12)CCC3)N1CCN(S(=O)(=O)c2ccccc2)CC1. The van der Waals surface area contributed by atoms with E-state index in [1.54, 1.807) is 52.9 Å². The molecule has 0 unspecified atom stereocenters. The number of amides is 1. The molecule has 31 heavy (non-hydrogen) atoms. The Hall–Kier alpha value is -2.01. The van der Waals surface area contributed by atoms with Gasteiger partial charge < -0.3 is 4.90 Å². The van der Waals surface area contributed by atoms with E-state index >= 15 is 0 Å². The summed E-state index contributed by atoms with van der Waals surface area (Å²) in [5.41, 5.74) is 1.36. The van der Waals surface area contributed by atoms with Crippen LogP contribution < -0.4 is 0 Å². The normalized spacial score (nSPS) is 17.2. The van der Waals surface area contributed by atoms with Crippen molar-refractivity contribution in [2.24, 2.45) is 0 Å². The van der Waals surface area contributed by atoms with Crippen LogP contribution in [-0.4, -0.2) is 65.4 Å². The number of fused-ring (bicyclic) bond motifs is 3. The molecule has 10 heteroatoms. The molecule has 1 aliphatic carbocycles. The van der Waals surface area contributed by atoms with Gasteiger partial charge in [0, 0.05) is 36.4 Å². The number of sulfonamides is 1. The fraction of sp³-hybridized carbons (Fsp3) is 0.381. The third-order valence-electron chi connectivity index (χ3n) is 5.77. The van der Waals surface area contributed by atoms with Crippen molar-refractivity contribution in [1.29, 1.82) is 0 Å². The molecule has 1 saturated heterocycles. The van der Waals surface area contributed by atoms with Gasteiger partial charge in [0.1, 0.15) is 16.2 Å². The standard InChI is InChI=1S/C21H22N4O3S3/c26-18(13-29-20-19-16-7-4-8-17(16)30-21(19)23-14-22-20)24-9-11-25(12-10-24)31(27,28)15-5-2-1-3-6-15/h1-3,5-6,14H,4,7-13H2. The van der Waals surface area contributed by atoms with Crippen LogP contribution in [0.5, 0.6) is 0 Å². The minimum atomic E-state index is -3.52. The summed E-state index contributed by atoms with van der Waals surface area (Å²) in [7, 11) is -3.52. The molecule has 1 aromatic carbocycles. The van der Waals surface area contributed by atoms with Crippen LogP contribution in [0.1, 0.15) is 16.9 Å². The van der Waals surface area contributed by atoms with E-state index in [0.717, 1.165) is 28.1 Å². The third kappa shape index (κ3) is 3.97. The predicted molar refractivity (Wildman–Crippen MR) is 122 cm³/mol. The number of thiophene rings is 1. The zero-order chi connectivity index (χ0) is 21.4. The second-order valence-electron chi connectivity index (χ2n) is 7.60. The number of benzene rings is 1. The zero-order valence-corrected chi connectivity index (χ0v) is 19.3. The Balaban J connectivity index is 1.22. The highest BCUT2D eigenvalue weighted by molar-refractivity contribution is 8.00. The minimum Gasteiger partial charge on any atom is -0.339 e. The molecule has 7 nitrogen and oxygen atoms in total. The maximum atomic E-state index is 12.8. The highest BCUT2D eigenvalue weighted by atomic mass is 32.2. The van der Waals surface area contributed by atoms with Gasteiger partial charge in [-0.05, 0) is 37.0 Å². The van der Waals surface area contributed by atoms with Gasteiger partial charge in [-0.3, -0.25) is 4.79 Å². The summed E-state index contributed by atoms with van der Waals surface area (Å²) in [6.07, 6.45) is 4.91. The number of aromatic nitrogens is 2. The van der Waals surface area contributed by atoms with E-state index in [1.165, 1.54) is 32.9 Å². The van der Waals surface area contributed by atoms with E-state index in [-0.39, 0.29) is 5.91 Å². The lowest BCUT2D eigenvalue weighted by molar-refractivity contribution is -0.129. The average Bonchev–Trinajstić information content (AvgIpc) is 3.39. The molecule has 162 valence electrons.